The third-order valence-corrected chi connectivity index (χ3v) is 2.80. The number of nitrogens with one attached hydrogen (secondary N) is 1. The molecule has 0 bridgehead atoms. The molecule has 0 aromatic carbocycles. The van der Waals surface area contributed by atoms with Crippen LogP contribution in [-0.2, 0) is 11.3 Å². The van der Waals surface area contributed by atoms with Gasteiger partial charge in [-0.2, -0.15) is 0 Å². The largest absolute Gasteiger partial charge is 0.468 e. The monoisotopic (exact) mass is 225 g/mol. The summed E-state index contributed by atoms with van der Waals surface area (Å²) in [5, 5.41) is 3.48. The molecule has 1 aromatic rings. The second kappa shape index (κ2) is 6.71. The lowest BCUT2D eigenvalue weighted by molar-refractivity contribution is 0.107. The van der Waals surface area contributed by atoms with Crippen molar-refractivity contribution in [3.8, 4) is 0 Å². The highest BCUT2D eigenvalue weighted by atomic mass is 16.5. The van der Waals surface area contributed by atoms with Gasteiger partial charge in [0, 0.05) is 12.6 Å². The van der Waals surface area contributed by atoms with Crippen molar-refractivity contribution in [2.24, 2.45) is 5.92 Å². The third kappa shape index (κ3) is 3.99. The van der Waals surface area contributed by atoms with E-state index in [1.807, 2.05) is 13.0 Å². The van der Waals surface area contributed by atoms with E-state index in [2.05, 4.69) is 26.1 Å². The van der Waals surface area contributed by atoms with Crippen LogP contribution in [0.2, 0.25) is 0 Å². The standard InChI is InChI=1S/C13H23NO2/c1-5-15-9-12(10(2)3)14-8-13-11(4)6-7-16-13/h6-7,10,12,14H,5,8-9H2,1-4H3. The molecule has 0 radical (unpaired) electrons. The average Bonchev–Trinajstić information content (AvgIpc) is 2.64. The van der Waals surface area contributed by atoms with Gasteiger partial charge >= 0.3 is 0 Å². The van der Waals surface area contributed by atoms with E-state index < -0.39 is 0 Å². The number of aryl methyl sites for hydroxylation is 1. The van der Waals surface area contributed by atoms with E-state index in [9.17, 15) is 0 Å². The summed E-state index contributed by atoms with van der Waals surface area (Å²) in [5.41, 5.74) is 1.20. The molecule has 0 spiro atoms. The third-order valence-electron chi connectivity index (χ3n) is 2.80. The lowest BCUT2D eigenvalue weighted by atomic mass is 10.1. The maximum Gasteiger partial charge on any atom is 0.120 e. The Kier molecular flexibility index (Phi) is 5.56. The second-order valence-electron chi connectivity index (χ2n) is 4.42. The second-order valence-corrected chi connectivity index (χ2v) is 4.42. The summed E-state index contributed by atoms with van der Waals surface area (Å²) < 4.78 is 10.9. The summed E-state index contributed by atoms with van der Waals surface area (Å²) in [4.78, 5) is 0. The molecule has 0 fully saturated rings. The van der Waals surface area contributed by atoms with Gasteiger partial charge in [-0.05, 0) is 31.4 Å². The van der Waals surface area contributed by atoms with Crippen molar-refractivity contribution in [2.75, 3.05) is 13.2 Å². The fraction of sp³-hybridized carbons (Fsp3) is 0.692. The lowest BCUT2D eigenvalue weighted by Gasteiger charge is -2.21. The van der Waals surface area contributed by atoms with Gasteiger partial charge in [0.05, 0.1) is 19.4 Å². The van der Waals surface area contributed by atoms with Crippen LogP contribution in [0.5, 0.6) is 0 Å². The van der Waals surface area contributed by atoms with Gasteiger partial charge in [-0.15, -0.1) is 0 Å². The van der Waals surface area contributed by atoms with Crippen LogP contribution in [-0.4, -0.2) is 19.3 Å². The molecule has 0 aliphatic carbocycles. The Hall–Kier alpha value is -0.800. The van der Waals surface area contributed by atoms with Crippen molar-refractivity contribution in [3.05, 3.63) is 23.7 Å². The van der Waals surface area contributed by atoms with E-state index in [1.165, 1.54) is 5.56 Å². The van der Waals surface area contributed by atoms with E-state index in [4.69, 9.17) is 9.15 Å². The molecule has 16 heavy (non-hydrogen) atoms. The van der Waals surface area contributed by atoms with Crippen LogP contribution >= 0.6 is 0 Å². The van der Waals surface area contributed by atoms with Gasteiger partial charge in [0.15, 0.2) is 0 Å². The highest BCUT2D eigenvalue weighted by Crippen LogP contribution is 2.10. The molecule has 1 unspecified atom stereocenters. The first kappa shape index (κ1) is 13.3. The van der Waals surface area contributed by atoms with Gasteiger partial charge in [0.1, 0.15) is 5.76 Å². The first-order valence-corrected chi connectivity index (χ1v) is 5.99. The smallest absolute Gasteiger partial charge is 0.120 e. The predicted octanol–water partition coefficient (Wildman–Crippen LogP) is 2.74. The topological polar surface area (TPSA) is 34.4 Å². The van der Waals surface area contributed by atoms with E-state index in [0.29, 0.717) is 12.0 Å². The molecule has 1 rings (SSSR count). The van der Waals surface area contributed by atoms with Gasteiger partial charge in [0.25, 0.3) is 0 Å². The SMILES string of the molecule is CCOCC(NCc1occc1C)C(C)C. The average molecular weight is 225 g/mol. The summed E-state index contributed by atoms with van der Waals surface area (Å²) in [5.74, 6) is 1.57. The summed E-state index contributed by atoms with van der Waals surface area (Å²) in [6, 6.07) is 2.37. The van der Waals surface area contributed by atoms with Crippen LogP contribution < -0.4 is 5.32 Å². The van der Waals surface area contributed by atoms with Gasteiger partial charge in [0.2, 0.25) is 0 Å². The molecule has 1 N–H and O–H groups in total. The molecule has 3 heteroatoms. The van der Waals surface area contributed by atoms with Crippen LogP contribution in [0.4, 0.5) is 0 Å². The summed E-state index contributed by atoms with van der Waals surface area (Å²) in [7, 11) is 0. The van der Waals surface area contributed by atoms with E-state index >= 15 is 0 Å². The van der Waals surface area contributed by atoms with Gasteiger partial charge in [-0.1, -0.05) is 13.8 Å². The summed E-state index contributed by atoms with van der Waals surface area (Å²) in [6.07, 6.45) is 1.74. The van der Waals surface area contributed by atoms with Gasteiger partial charge < -0.3 is 14.5 Å². The number of hydrogen-bond donors (Lipinski definition) is 1. The molecular weight excluding hydrogens is 202 g/mol. The number of furan rings is 1. The molecule has 1 heterocycles. The fourth-order valence-electron chi connectivity index (χ4n) is 1.54. The fourth-order valence-corrected chi connectivity index (χ4v) is 1.54. The Bertz CT molecular complexity index is 294. The van der Waals surface area contributed by atoms with Crippen molar-refractivity contribution in [2.45, 2.75) is 40.3 Å². The Balaban J connectivity index is 2.40. The lowest BCUT2D eigenvalue weighted by Crippen LogP contribution is -2.37. The van der Waals surface area contributed by atoms with Gasteiger partial charge in [-0.25, -0.2) is 0 Å². The van der Waals surface area contributed by atoms with Crippen LogP contribution in [0.15, 0.2) is 16.7 Å². The minimum absolute atomic E-state index is 0.379. The van der Waals surface area contributed by atoms with Crippen LogP contribution in [0.3, 0.4) is 0 Å². The molecule has 1 atom stereocenters. The Labute approximate surface area is 98.2 Å². The zero-order valence-corrected chi connectivity index (χ0v) is 10.7. The predicted molar refractivity (Wildman–Crippen MR) is 65.4 cm³/mol. The molecule has 0 aliphatic heterocycles. The Morgan fingerprint density at radius 3 is 2.69 bits per heavy atom. The Morgan fingerprint density at radius 2 is 2.19 bits per heavy atom. The normalized spacial score (nSPS) is 13.3. The maximum atomic E-state index is 5.46. The molecular formula is C13H23NO2. The van der Waals surface area contributed by atoms with Crippen molar-refractivity contribution in [1.82, 2.24) is 5.32 Å². The number of ether oxygens (including phenoxy) is 1. The molecule has 1 aromatic heterocycles. The molecule has 0 saturated carbocycles. The minimum atomic E-state index is 0.379. The molecule has 92 valence electrons. The highest BCUT2D eigenvalue weighted by Gasteiger charge is 2.13. The van der Waals surface area contributed by atoms with Crippen molar-refractivity contribution >= 4 is 0 Å². The summed E-state index contributed by atoms with van der Waals surface area (Å²) >= 11 is 0. The zero-order valence-electron chi connectivity index (χ0n) is 10.7. The first-order valence-electron chi connectivity index (χ1n) is 5.99. The van der Waals surface area contributed by atoms with E-state index in [-0.39, 0.29) is 0 Å². The number of hydrogen-bond acceptors (Lipinski definition) is 3. The van der Waals surface area contributed by atoms with E-state index in [0.717, 1.165) is 25.5 Å². The zero-order chi connectivity index (χ0) is 12.0. The van der Waals surface area contributed by atoms with Crippen molar-refractivity contribution in [1.29, 1.82) is 0 Å². The van der Waals surface area contributed by atoms with E-state index in [1.54, 1.807) is 6.26 Å². The molecule has 0 aliphatic rings. The van der Waals surface area contributed by atoms with Crippen LogP contribution in [0.1, 0.15) is 32.1 Å². The maximum absolute atomic E-state index is 5.46. The van der Waals surface area contributed by atoms with Crippen LogP contribution in [0.25, 0.3) is 0 Å². The molecule has 3 nitrogen and oxygen atoms in total. The summed E-state index contributed by atoms with van der Waals surface area (Å²) in [6.45, 7) is 10.8. The highest BCUT2D eigenvalue weighted by molar-refractivity contribution is 5.14. The molecule has 0 amide bonds. The van der Waals surface area contributed by atoms with Crippen molar-refractivity contribution < 1.29 is 9.15 Å². The first-order chi connectivity index (χ1) is 7.65. The number of rotatable bonds is 7. The van der Waals surface area contributed by atoms with Crippen LogP contribution in [0, 0.1) is 12.8 Å². The quantitative estimate of drug-likeness (QED) is 0.775. The van der Waals surface area contributed by atoms with Gasteiger partial charge in [-0.3, -0.25) is 0 Å². The Morgan fingerprint density at radius 1 is 1.44 bits per heavy atom. The minimum Gasteiger partial charge on any atom is -0.468 e. The molecule has 0 saturated heterocycles. The van der Waals surface area contributed by atoms with Crippen molar-refractivity contribution in [3.63, 3.8) is 0 Å².